The number of aliphatic hydroxyl groups excluding tert-OH is 8. The Bertz CT molecular complexity index is 1030. The Morgan fingerprint density at radius 3 is 1.76 bits per heavy atom. The summed E-state index contributed by atoms with van der Waals surface area (Å²) in [6.07, 6.45) is 11.2. The minimum absolute atomic E-state index is 0.255. The van der Waals surface area contributed by atoms with Crippen LogP contribution < -0.4 is 5.32 Å². The molecule has 2 aliphatic rings. The number of hydrogen-bond acceptors (Lipinski definition) is 13. The van der Waals surface area contributed by atoms with Crippen molar-refractivity contribution in [2.45, 2.75) is 209 Å². The fraction of sp³-hybridized carbons (Fsp3) is 0.878. The first-order valence-corrected chi connectivity index (χ1v) is 21.1. The van der Waals surface area contributed by atoms with E-state index in [0.717, 1.165) is 44.9 Å². The van der Waals surface area contributed by atoms with E-state index in [9.17, 15) is 45.6 Å². The van der Waals surface area contributed by atoms with Gasteiger partial charge in [0.2, 0.25) is 5.91 Å². The number of ether oxygens (including phenoxy) is 4. The highest BCUT2D eigenvalue weighted by molar-refractivity contribution is 5.76. The number of unbranched alkanes of at least 4 members (excludes halogenated alkanes) is 15. The molecule has 2 rings (SSSR count). The van der Waals surface area contributed by atoms with Crippen molar-refractivity contribution in [1.29, 1.82) is 0 Å². The van der Waals surface area contributed by atoms with E-state index in [1.54, 1.807) is 6.08 Å². The standard InChI is InChI=1S/C41H75NO13/c1-3-5-7-9-11-13-14-15-16-17-19-21-23-25-33(46)42-29(30(45)24-22-20-18-12-10-8-6-4-2)28-52-40-38(51)36(49)39(32(27-44)54-40)55-41-37(50)35(48)34(47)31(26-43)53-41/h10,12,22,24,29-32,34-41,43-45,47-51H,3-9,11,13-21,23,25-28H2,1-2H3,(H,42,46)/b12-10+,24-22+. The van der Waals surface area contributed by atoms with Gasteiger partial charge >= 0.3 is 0 Å². The normalized spacial score (nSPS) is 29.9. The van der Waals surface area contributed by atoms with Gasteiger partial charge in [0.1, 0.15) is 48.8 Å². The van der Waals surface area contributed by atoms with Gasteiger partial charge in [-0.1, -0.05) is 128 Å². The zero-order chi connectivity index (χ0) is 40.4. The average molecular weight is 790 g/mol. The van der Waals surface area contributed by atoms with Gasteiger partial charge in [0.25, 0.3) is 0 Å². The fourth-order valence-corrected chi connectivity index (χ4v) is 6.82. The van der Waals surface area contributed by atoms with Crippen LogP contribution in [0.15, 0.2) is 24.3 Å². The highest BCUT2D eigenvalue weighted by Crippen LogP contribution is 2.30. The molecule has 2 aliphatic heterocycles. The summed E-state index contributed by atoms with van der Waals surface area (Å²) in [6.45, 7) is 2.65. The Kier molecular flexibility index (Phi) is 26.7. The molecule has 1 amide bonds. The lowest BCUT2D eigenvalue weighted by Gasteiger charge is -2.46. The third-order valence-electron chi connectivity index (χ3n) is 10.4. The van der Waals surface area contributed by atoms with Gasteiger partial charge in [-0.2, -0.15) is 0 Å². The number of carbonyl (C=O) groups excluding carboxylic acids is 1. The van der Waals surface area contributed by atoms with E-state index in [-0.39, 0.29) is 18.9 Å². The number of aliphatic hydroxyl groups is 8. The molecule has 0 bridgehead atoms. The fourth-order valence-electron chi connectivity index (χ4n) is 6.82. The van der Waals surface area contributed by atoms with Crippen LogP contribution >= 0.6 is 0 Å². The van der Waals surface area contributed by atoms with Crippen LogP contribution in [-0.4, -0.2) is 140 Å². The number of nitrogens with one attached hydrogen (secondary N) is 1. The monoisotopic (exact) mass is 790 g/mol. The molecule has 0 aliphatic carbocycles. The molecular weight excluding hydrogens is 714 g/mol. The molecule has 0 aromatic carbocycles. The molecule has 322 valence electrons. The summed E-state index contributed by atoms with van der Waals surface area (Å²) in [7, 11) is 0. The van der Waals surface area contributed by atoms with Crippen molar-refractivity contribution in [3.63, 3.8) is 0 Å². The first-order valence-electron chi connectivity index (χ1n) is 21.1. The largest absolute Gasteiger partial charge is 0.394 e. The van der Waals surface area contributed by atoms with Crippen molar-refractivity contribution in [2.75, 3.05) is 19.8 Å². The first kappa shape index (κ1) is 49.6. The molecule has 0 spiro atoms. The maximum absolute atomic E-state index is 13.0. The van der Waals surface area contributed by atoms with Crippen LogP contribution in [-0.2, 0) is 23.7 Å². The van der Waals surface area contributed by atoms with Gasteiger partial charge in [-0.25, -0.2) is 0 Å². The quantitative estimate of drug-likeness (QED) is 0.0377. The molecule has 14 heteroatoms. The topological polar surface area (TPSA) is 228 Å². The number of amides is 1. The van der Waals surface area contributed by atoms with Crippen LogP contribution in [0.25, 0.3) is 0 Å². The van der Waals surface area contributed by atoms with E-state index in [1.807, 2.05) is 6.08 Å². The Morgan fingerprint density at radius 2 is 1.16 bits per heavy atom. The third-order valence-corrected chi connectivity index (χ3v) is 10.4. The summed E-state index contributed by atoms with van der Waals surface area (Å²) in [4.78, 5) is 13.0. The summed E-state index contributed by atoms with van der Waals surface area (Å²) >= 11 is 0. The van der Waals surface area contributed by atoms with E-state index in [1.165, 1.54) is 57.8 Å². The third kappa shape index (κ3) is 18.7. The zero-order valence-corrected chi connectivity index (χ0v) is 33.4. The molecule has 12 atom stereocenters. The summed E-state index contributed by atoms with van der Waals surface area (Å²) in [6, 6.07) is -0.922. The van der Waals surface area contributed by atoms with Gasteiger partial charge in [0, 0.05) is 6.42 Å². The summed E-state index contributed by atoms with van der Waals surface area (Å²) < 4.78 is 22.5. The maximum Gasteiger partial charge on any atom is 0.220 e. The first-order chi connectivity index (χ1) is 26.6. The molecule has 9 N–H and O–H groups in total. The summed E-state index contributed by atoms with van der Waals surface area (Å²) in [5.41, 5.74) is 0. The highest BCUT2D eigenvalue weighted by Gasteiger charge is 2.50. The second kappa shape index (κ2) is 29.6. The Morgan fingerprint density at radius 1 is 0.636 bits per heavy atom. The molecule has 2 saturated heterocycles. The Labute approximate surface area is 328 Å². The molecule has 0 aromatic rings. The van der Waals surface area contributed by atoms with Gasteiger partial charge in [-0.05, 0) is 25.7 Å². The molecule has 0 aromatic heterocycles. The summed E-state index contributed by atoms with van der Waals surface area (Å²) in [5.74, 6) is -0.255. The lowest BCUT2D eigenvalue weighted by molar-refractivity contribution is -0.359. The van der Waals surface area contributed by atoms with Gasteiger partial charge in [-0.15, -0.1) is 0 Å². The van der Waals surface area contributed by atoms with Crippen LogP contribution in [0.1, 0.15) is 136 Å². The smallest absolute Gasteiger partial charge is 0.220 e. The van der Waals surface area contributed by atoms with Crippen LogP contribution in [0.5, 0.6) is 0 Å². The van der Waals surface area contributed by atoms with Gasteiger partial charge in [0.05, 0.1) is 32.0 Å². The average Bonchev–Trinajstić information content (AvgIpc) is 3.18. The summed E-state index contributed by atoms with van der Waals surface area (Å²) in [5, 5.41) is 86.0. The van der Waals surface area contributed by atoms with Crippen molar-refractivity contribution in [3.05, 3.63) is 24.3 Å². The molecule has 14 nitrogen and oxygen atoms in total. The lowest BCUT2D eigenvalue weighted by Crippen LogP contribution is -2.65. The minimum atomic E-state index is -1.79. The molecule has 12 unspecified atom stereocenters. The van der Waals surface area contributed by atoms with Crippen molar-refractivity contribution < 1.29 is 64.6 Å². The second-order valence-corrected chi connectivity index (χ2v) is 15.1. The van der Waals surface area contributed by atoms with Crippen molar-refractivity contribution in [1.82, 2.24) is 5.32 Å². The predicted molar refractivity (Wildman–Crippen MR) is 208 cm³/mol. The van der Waals surface area contributed by atoms with Crippen LogP contribution in [0.2, 0.25) is 0 Å². The number of carbonyl (C=O) groups is 1. The van der Waals surface area contributed by atoms with E-state index in [2.05, 4.69) is 31.3 Å². The van der Waals surface area contributed by atoms with Gasteiger partial charge < -0.3 is 65.1 Å². The van der Waals surface area contributed by atoms with E-state index < -0.39 is 86.8 Å². The number of rotatable bonds is 30. The molecule has 55 heavy (non-hydrogen) atoms. The predicted octanol–water partition coefficient (Wildman–Crippen LogP) is 3.04. The zero-order valence-electron chi connectivity index (χ0n) is 33.4. The molecule has 0 radical (unpaired) electrons. The SMILES string of the molecule is CCCC/C=C/CC/C=C/C(O)C(COC1OC(CO)C(OC2OC(CO)C(O)C(O)C2O)C(O)C1O)NC(=O)CCCCCCCCCCCCCCC. The van der Waals surface area contributed by atoms with E-state index in [4.69, 9.17) is 18.9 Å². The highest BCUT2D eigenvalue weighted by atomic mass is 16.7. The number of hydrogen-bond donors (Lipinski definition) is 9. The minimum Gasteiger partial charge on any atom is -0.394 e. The van der Waals surface area contributed by atoms with E-state index >= 15 is 0 Å². The maximum atomic E-state index is 13.0. The van der Waals surface area contributed by atoms with Crippen molar-refractivity contribution in [2.24, 2.45) is 0 Å². The van der Waals surface area contributed by atoms with Crippen LogP contribution in [0.3, 0.4) is 0 Å². The Hall–Kier alpha value is -1.53. The molecular formula is C41H75NO13. The molecule has 2 fully saturated rings. The second-order valence-electron chi connectivity index (χ2n) is 15.1. The van der Waals surface area contributed by atoms with Crippen LogP contribution in [0.4, 0.5) is 0 Å². The van der Waals surface area contributed by atoms with Crippen LogP contribution in [0, 0.1) is 0 Å². The Balaban J connectivity index is 1.92. The van der Waals surface area contributed by atoms with Gasteiger partial charge in [-0.3, -0.25) is 4.79 Å². The van der Waals surface area contributed by atoms with E-state index in [0.29, 0.717) is 12.8 Å². The van der Waals surface area contributed by atoms with Crippen molar-refractivity contribution >= 4 is 5.91 Å². The van der Waals surface area contributed by atoms with Crippen molar-refractivity contribution in [3.8, 4) is 0 Å². The molecule has 2 heterocycles. The molecule has 0 saturated carbocycles. The van der Waals surface area contributed by atoms with Gasteiger partial charge in [0.15, 0.2) is 12.6 Å². The lowest BCUT2D eigenvalue weighted by atomic mass is 9.97. The number of allylic oxidation sites excluding steroid dienone is 3.